The molecule has 5 rings (SSSR count). The third kappa shape index (κ3) is 3.04. The molecule has 3 aromatic carbocycles. The van der Waals surface area contributed by atoms with Gasteiger partial charge < -0.3 is 4.74 Å². The molecule has 0 radical (unpaired) electrons. The lowest BCUT2D eigenvalue weighted by Crippen LogP contribution is -2.75. The van der Waals surface area contributed by atoms with Gasteiger partial charge in [-0.1, -0.05) is 60.7 Å². The fourth-order valence-corrected chi connectivity index (χ4v) is 6.73. The van der Waals surface area contributed by atoms with Crippen LogP contribution in [-0.2, 0) is 4.79 Å². The minimum atomic E-state index is -0.502. The number of hydrogen-bond acceptors (Lipinski definition) is 4. The van der Waals surface area contributed by atoms with Gasteiger partial charge in [0.1, 0.15) is 10.6 Å². The van der Waals surface area contributed by atoms with Crippen LogP contribution in [0.25, 0.3) is 0 Å². The summed E-state index contributed by atoms with van der Waals surface area (Å²) in [4.78, 5) is 16.0. The van der Waals surface area contributed by atoms with E-state index in [1.54, 1.807) is 11.8 Å². The maximum atomic E-state index is 13.3. The number of rotatable bonds is 4. The van der Waals surface area contributed by atoms with Crippen molar-refractivity contribution in [1.29, 1.82) is 0 Å². The first-order valence-corrected chi connectivity index (χ1v) is 11.7. The van der Waals surface area contributed by atoms with Crippen LogP contribution in [0.4, 0.5) is 5.69 Å². The summed E-state index contributed by atoms with van der Waals surface area (Å²) in [6.45, 7) is 0. The number of hydrogen-bond donors (Lipinski definition) is 0. The molecule has 1 fully saturated rings. The molecule has 3 atom stereocenters. The van der Waals surface area contributed by atoms with Crippen LogP contribution in [-0.4, -0.2) is 23.1 Å². The van der Waals surface area contributed by atoms with E-state index in [0.717, 1.165) is 22.8 Å². The van der Waals surface area contributed by atoms with Crippen LogP contribution in [0.5, 0.6) is 5.75 Å². The number of carbonyl (C=O) groups excluding carboxylic acids is 1. The van der Waals surface area contributed by atoms with E-state index in [2.05, 4.69) is 42.7 Å². The molecule has 3 aromatic rings. The highest BCUT2D eigenvalue weighted by Gasteiger charge is 2.64. The Labute approximate surface area is 179 Å². The highest BCUT2D eigenvalue weighted by atomic mass is 32.2. The molecule has 146 valence electrons. The predicted octanol–water partition coefficient (Wildman–Crippen LogP) is 5.78. The topological polar surface area (TPSA) is 29.5 Å². The average Bonchev–Trinajstić information content (AvgIpc) is 2.91. The third-order valence-electron chi connectivity index (χ3n) is 5.61. The largest absolute Gasteiger partial charge is 0.477 e. The number of β-lactam (4-membered cyclic amide) rings is 1. The minimum Gasteiger partial charge on any atom is -0.477 e. The number of amides is 1. The van der Waals surface area contributed by atoms with Gasteiger partial charge in [0, 0.05) is 16.6 Å². The smallest absolute Gasteiger partial charge is 0.272 e. The van der Waals surface area contributed by atoms with E-state index >= 15 is 0 Å². The molecule has 2 heterocycles. The van der Waals surface area contributed by atoms with Gasteiger partial charge in [-0.2, -0.15) is 0 Å². The SMILES string of the molecule is CSC12CC(c3ccccc3)Sc3ccccc3N1C(=O)C2Oc1ccccc1. The quantitative estimate of drug-likeness (QED) is 0.502. The van der Waals surface area contributed by atoms with Crippen molar-refractivity contribution in [3.8, 4) is 5.75 Å². The zero-order valence-electron chi connectivity index (χ0n) is 16.0. The molecule has 0 aliphatic carbocycles. The van der Waals surface area contributed by atoms with Gasteiger partial charge >= 0.3 is 0 Å². The molecule has 1 saturated heterocycles. The Morgan fingerprint density at radius 3 is 2.34 bits per heavy atom. The summed E-state index contributed by atoms with van der Waals surface area (Å²) >= 11 is 3.56. The molecule has 0 spiro atoms. The molecule has 1 amide bonds. The van der Waals surface area contributed by atoms with E-state index in [1.165, 1.54) is 5.56 Å². The molecule has 0 saturated carbocycles. The Hall–Kier alpha value is -2.37. The third-order valence-corrected chi connectivity index (χ3v) is 8.20. The van der Waals surface area contributed by atoms with Crippen molar-refractivity contribution >= 4 is 35.1 Å². The Morgan fingerprint density at radius 1 is 0.966 bits per heavy atom. The second-order valence-corrected chi connectivity index (χ2v) is 9.58. The van der Waals surface area contributed by atoms with Crippen molar-refractivity contribution in [3.05, 3.63) is 90.5 Å². The first kappa shape index (κ1) is 18.6. The number of fused-ring (bicyclic) bond motifs is 3. The van der Waals surface area contributed by atoms with Gasteiger partial charge in [-0.15, -0.1) is 23.5 Å². The zero-order valence-corrected chi connectivity index (χ0v) is 17.7. The summed E-state index contributed by atoms with van der Waals surface area (Å²) in [5.74, 6) is 0.769. The lowest BCUT2D eigenvalue weighted by molar-refractivity contribution is -0.136. The fourth-order valence-electron chi connectivity index (χ4n) is 4.18. The number of thioether (sulfide) groups is 2. The first-order chi connectivity index (χ1) is 14.2. The van der Waals surface area contributed by atoms with Crippen molar-refractivity contribution in [1.82, 2.24) is 0 Å². The molecule has 3 unspecified atom stereocenters. The predicted molar refractivity (Wildman–Crippen MR) is 121 cm³/mol. The van der Waals surface area contributed by atoms with Crippen molar-refractivity contribution in [2.24, 2.45) is 0 Å². The lowest BCUT2D eigenvalue weighted by atomic mass is 9.89. The second kappa shape index (κ2) is 7.47. The van der Waals surface area contributed by atoms with E-state index in [9.17, 15) is 4.79 Å². The van der Waals surface area contributed by atoms with Crippen molar-refractivity contribution in [3.63, 3.8) is 0 Å². The molecule has 0 bridgehead atoms. The highest BCUT2D eigenvalue weighted by molar-refractivity contribution is 8.01. The van der Waals surface area contributed by atoms with Crippen molar-refractivity contribution in [2.45, 2.75) is 27.5 Å². The van der Waals surface area contributed by atoms with Crippen LogP contribution in [0.3, 0.4) is 0 Å². The van der Waals surface area contributed by atoms with Crippen LogP contribution < -0.4 is 9.64 Å². The zero-order chi connectivity index (χ0) is 19.8. The van der Waals surface area contributed by atoms with E-state index in [4.69, 9.17) is 4.74 Å². The fraction of sp³-hybridized carbons (Fsp3) is 0.208. The van der Waals surface area contributed by atoms with Crippen LogP contribution in [0, 0.1) is 0 Å². The Kier molecular flexibility index (Phi) is 4.80. The Bertz CT molecular complexity index is 1030. The molecular weight excluding hydrogens is 398 g/mol. The normalized spacial score (nSPS) is 25.4. The second-order valence-electron chi connectivity index (χ2n) is 7.22. The molecule has 2 aliphatic rings. The summed E-state index contributed by atoms with van der Waals surface area (Å²) in [6.07, 6.45) is 2.40. The van der Waals surface area contributed by atoms with Gasteiger partial charge in [0.05, 0.1) is 5.69 Å². The number of ether oxygens (including phenoxy) is 1. The number of nitrogens with zero attached hydrogens (tertiary/aromatic N) is 1. The summed E-state index contributed by atoms with van der Waals surface area (Å²) in [6, 6.07) is 28.4. The van der Waals surface area contributed by atoms with Crippen LogP contribution >= 0.6 is 23.5 Å². The molecule has 5 heteroatoms. The number of benzene rings is 3. The summed E-state index contributed by atoms with van der Waals surface area (Å²) < 4.78 is 6.26. The molecule has 29 heavy (non-hydrogen) atoms. The van der Waals surface area contributed by atoms with Crippen molar-refractivity contribution in [2.75, 3.05) is 11.2 Å². The van der Waals surface area contributed by atoms with Gasteiger partial charge in [-0.05, 0) is 36.1 Å². The maximum absolute atomic E-state index is 13.3. The van der Waals surface area contributed by atoms with Crippen LogP contribution in [0.15, 0.2) is 89.8 Å². The number of carbonyl (C=O) groups is 1. The summed E-state index contributed by atoms with van der Waals surface area (Å²) in [5, 5.41) is 0.241. The molecule has 3 nitrogen and oxygen atoms in total. The van der Waals surface area contributed by atoms with Gasteiger partial charge in [0.25, 0.3) is 5.91 Å². The summed E-state index contributed by atoms with van der Waals surface area (Å²) in [7, 11) is 0. The van der Waals surface area contributed by atoms with Gasteiger partial charge in [-0.25, -0.2) is 0 Å². The van der Waals surface area contributed by atoms with Gasteiger partial charge in [-0.3, -0.25) is 9.69 Å². The lowest BCUT2D eigenvalue weighted by Gasteiger charge is -2.55. The maximum Gasteiger partial charge on any atom is 0.272 e. The monoisotopic (exact) mass is 419 g/mol. The minimum absolute atomic E-state index is 0.0324. The van der Waals surface area contributed by atoms with E-state index in [1.807, 2.05) is 65.2 Å². The Balaban J connectivity index is 1.59. The Morgan fingerprint density at radius 2 is 1.62 bits per heavy atom. The van der Waals surface area contributed by atoms with Crippen LogP contribution in [0.1, 0.15) is 17.2 Å². The number of anilines is 1. The van der Waals surface area contributed by atoms with E-state index in [0.29, 0.717) is 0 Å². The first-order valence-electron chi connectivity index (χ1n) is 9.64. The van der Waals surface area contributed by atoms with Gasteiger partial charge in [0.15, 0.2) is 0 Å². The van der Waals surface area contributed by atoms with E-state index in [-0.39, 0.29) is 11.2 Å². The molecule has 0 aromatic heterocycles. The van der Waals surface area contributed by atoms with Gasteiger partial charge in [0.2, 0.25) is 6.10 Å². The van der Waals surface area contributed by atoms with E-state index < -0.39 is 11.0 Å². The van der Waals surface area contributed by atoms with Crippen LogP contribution in [0.2, 0.25) is 0 Å². The van der Waals surface area contributed by atoms with Crippen molar-refractivity contribution < 1.29 is 9.53 Å². The number of para-hydroxylation sites is 2. The average molecular weight is 420 g/mol. The molecular formula is C24H21NO2S2. The highest BCUT2D eigenvalue weighted by Crippen LogP contribution is 2.58. The summed E-state index contributed by atoms with van der Waals surface area (Å²) in [5.41, 5.74) is 2.27. The standard InChI is InChI=1S/C24H21NO2S2/c1-28-24-16-21(17-10-4-2-5-11-17)29-20-15-9-8-14-19(20)25(24)23(26)22(24)27-18-12-6-3-7-13-18/h2-15,21-22H,16H2,1H3. The molecule has 0 N–H and O–H groups in total. The molecule has 2 aliphatic heterocycles.